The van der Waals surface area contributed by atoms with Gasteiger partial charge in [-0.2, -0.15) is 0 Å². The van der Waals surface area contributed by atoms with Gasteiger partial charge >= 0.3 is 0 Å². The van der Waals surface area contributed by atoms with Crippen LogP contribution in [0.3, 0.4) is 0 Å². The van der Waals surface area contributed by atoms with Gasteiger partial charge in [-0.1, -0.05) is 0 Å². The van der Waals surface area contributed by atoms with E-state index in [-0.39, 0.29) is 17.8 Å². The maximum Gasteiger partial charge on any atom is 0.286 e. The maximum atomic E-state index is 11.4. The number of hydrogen-bond acceptors (Lipinski definition) is 3. The highest BCUT2D eigenvalue weighted by Gasteiger charge is 2.19. The van der Waals surface area contributed by atoms with Gasteiger partial charge in [0.2, 0.25) is 0 Å². The first-order valence-corrected chi connectivity index (χ1v) is 4.83. The van der Waals surface area contributed by atoms with Crippen molar-refractivity contribution in [1.82, 2.24) is 10.2 Å². The summed E-state index contributed by atoms with van der Waals surface area (Å²) in [4.78, 5) is 13.2. The van der Waals surface area contributed by atoms with Crippen LogP contribution >= 0.6 is 0 Å². The van der Waals surface area contributed by atoms with Crippen molar-refractivity contribution in [1.29, 1.82) is 5.41 Å². The van der Waals surface area contributed by atoms with Crippen molar-refractivity contribution in [2.45, 2.75) is 19.9 Å². The first kappa shape index (κ1) is 11.0. The van der Waals surface area contributed by atoms with E-state index in [2.05, 4.69) is 5.32 Å². The third kappa shape index (κ3) is 2.99. The van der Waals surface area contributed by atoms with Crippen LogP contribution in [0.2, 0.25) is 0 Å². The monoisotopic (exact) mass is 199 g/mol. The molecule has 0 spiro atoms. The van der Waals surface area contributed by atoms with Crippen molar-refractivity contribution >= 4 is 11.7 Å². The zero-order valence-electron chi connectivity index (χ0n) is 8.67. The number of rotatable bonds is 1. The summed E-state index contributed by atoms with van der Waals surface area (Å²) in [5.41, 5.74) is 0. The normalized spacial score (nSPS) is 16.9. The second kappa shape index (κ2) is 4.95. The lowest BCUT2D eigenvalue weighted by molar-refractivity contribution is -0.116. The van der Waals surface area contributed by atoms with E-state index in [4.69, 9.17) is 10.1 Å². The zero-order chi connectivity index (χ0) is 10.6. The van der Waals surface area contributed by atoms with Gasteiger partial charge < -0.3 is 15.0 Å². The zero-order valence-corrected chi connectivity index (χ0v) is 8.67. The Hall–Kier alpha value is -1.10. The van der Waals surface area contributed by atoms with Gasteiger partial charge in [0.15, 0.2) is 5.84 Å². The minimum absolute atomic E-state index is 0.0435. The maximum absolute atomic E-state index is 11.4. The van der Waals surface area contributed by atoms with Gasteiger partial charge in [0.25, 0.3) is 5.91 Å². The average Bonchev–Trinajstić information content (AvgIpc) is 2.17. The molecule has 0 atom stereocenters. The van der Waals surface area contributed by atoms with Crippen LogP contribution in [-0.4, -0.2) is 49.0 Å². The van der Waals surface area contributed by atoms with Crippen molar-refractivity contribution in [3.8, 4) is 0 Å². The number of nitrogens with zero attached hydrogens (tertiary/aromatic N) is 1. The van der Waals surface area contributed by atoms with Crippen LogP contribution in [0.15, 0.2) is 0 Å². The van der Waals surface area contributed by atoms with Crippen LogP contribution in [0.4, 0.5) is 0 Å². The van der Waals surface area contributed by atoms with E-state index >= 15 is 0 Å². The first-order valence-electron chi connectivity index (χ1n) is 4.83. The number of morpholine rings is 1. The molecule has 0 aliphatic carbocycles. The molecule has 0 aromatic rings. The van der Waals surface area contributed by atoms with Crippen molar-refractivity contribution in [2.24, 2.45) is 0 Å². The molecule has 5 nitrogen and oxygen atoms in total. The lowest BCUT2D eigenvalue weighted by Crippen LogP contribution is -2.48. The second-order valence-electron chi connectivity index (χ2n) is 3.58. The fourth-order valence-corrected chi connectivity index (χ4v) is 1.26. The van der Waals surface area contributed by atoms with E-state index in [9.17, 15) is 4.79 Å². The summed E-state index contributed by atoms with van der Waals surface area (Å²) in [6.07, 6.45) is 0. The molecular weight excluding hydrogens is 182 g/mol. The molecule has 0 saturated carbocycles. The number of ether oxygens (including phenoxy) is 1. The highest BCUT2D eigenvalue weighted by atomic mass is 16.5. The summed E-state index contributed by atoms with van der Waals surface area (Å²) in [6.45, 7) is 6.21. The van der Waals surface area contributed by atoms with E-state index in [1.165, 1.54) is 0 Å². The Morgan fingerprint density at radius 3 is 2.50 bits per heavy atom. The molecule has 1 amide bonds. The lowest BCUT2D eigenvalue weighted by atomic mass is 10.3. The Labute approximate surface area is 83.9 Å². The van der Waals surface area contributed by atoms with Gasteiger partial charge in [0.1, 0.15) is 0 Å². The Bertz CT molecular complexity index is 222. The molecule has 1 heterocycles. The Balaban J connectivity index is 2.42. The largest absolute Gasteiger partial charge is 0.378 e. The van der Waals surface area contributed by atoms with Crippen molar-refractivity contribution in [3.05, 3.63) is 0 Å². The topological polar surface area (TPSA) is 65.4 Å². The van der Waals surface area contributed by atoms with Crippen molar-refractivity contribution < 1.29 is 9.53 Å². The second-order valence-corrected chi connectivity index (χ2v) is 3.58. The van der Waals surface area contributed by atoms with Crippen LogP contribution in [0.25, 0.3) is 0 Å². The minimum Gasteiger partial charge on any atom is -0.378 e. The van der Waals surface area contributed by atoms with Gasteiger partial charge in [0, 0.05) is 19.1 Å². The number of hydrogen-bond donors (Lipinski definition) is 2. The SMILES string of the molecule is CC(C)NC(=O)C(=N)N1CCOCC1. The molecular formula is C9H17N3O2. The molecule has 1 fully saturated rings. The summed E-state index contributed by atoms with van der Waals surface area (Å²) in [6, 6.07) is 0.0730. The Kier molecular flexibility index (Phi) is 3.88. The molecule has 1 rings (SSSR count). The quantitative estimate of drug-likeness (QED) is 0.455. The van der Waals surface area contributed by atoms with Crippen LogP contribution in [0.1, 0.15) is 13.8 Å². The standard InChI is InChI=1S/C9H17N3O2/c1-7(2)11-9(13)8(10)12-3-5-14-6-4-12/h7,10H,3-6H2,1-2H3,(H,11,13). The third-order valence-electron chi connectivity index (χ3n) is 1.96. The molecule has 0 radical (unpaired) electrons. The minimum atomic E-state index is -0.304. The number of amides is 1. The highest BCUT2D eigenvalue weighted by molar-refractivity contribution is 6.36. The van der Waals surface area contributed by atoms with Crippen LogP contribution in [0.5, 0.6) is 0 Å². The van der Waals surface area contributed by atoms with E-state index in [1.807, 2.05) is 13.8 Å². The molecule has 0 aromatic heterocycles. The molecule has 0 bridgehead atoms. The number of nitrogens with one attached hydrogen (secondary N) is 2. The summed E-state index contributed by atoms with van der Waals surface area (Å²) < 4.78 is 5.14. The first-order chi connectivity index (χ1) is 6.61. The van der Waals surface area contributed by atoms with E-state index in [0.29, 0.717) is 26.3 Å². The molecule has 2 N–H and O–H groups in total. The van der Waals surface area contributed by atoms with Gasteiger partial charge in [-0.3, -0.25) is 10.2 Å². The van der Waals surface area contributed by atoms with Gasteiger partial charge in [-0.05, 0) is 13.8 Å². The summed E-state index contributed by atoms with van der Waals surface area (Å²) in [5.74, 6) is -0.260. The average molecular weight is 199 g/mol. The lowest BCUT2D eigenvalue weighted by Gasteiger charge is -2.28. The van der Waals surface area contributed by atoms with Crippen LogP contribution < -0.4 is 5.32 Å². The molecule has 1 aliphatic rings. The summed E-state index contributed by atoms with van der Waals surface area (Å²) in [5, 5.41) is 10.3. The van der Waals surface area contributed by atoms with E-state index in [1.54, 1.807) is 4.90 Å². The molecule has 5 heteroatoms. The predicted molar refractivity (Wildman–Crippen MR) is 53.4 cm³/mol. The van der Waals surface area contributed by atoms with E-state index in [0.717, 1.165) is 0 Å². The van der Waals surface area contributed by atoms with Crippen LogP contribution in [0, 0.1) is 5.41 Å². The smallest absolute Gasteiger partial charge is 0.286 e. The fraction of sp³-hybridized carbons (Fsp3) is 0.778. The molecule has 80 valence electrons. The molecule has 1 saturated heterocycles. The summed E-state index contributed by atoms with van der Waals surface area (Å²) >= 11 is 0. The molecule has 0 aromatic carbocycles. The fourth-order valence-electron chi connectivity index (χ4n) is 1.26. The third-order valence-corrected chi connectivity index (χ3v) is 1.96. The molecule has 0 unspecified atom stereocenters. The predicted octanol–water partition coefficient (Wildman–Crippen LogP) is -0.180. The number of carbonyl (C=O) groups is 1. The summed E-state index contributed by atoms with van der Waals surface area (Å²) in [7, 11) is 0. The highest BCUT2D eigenvalue weighted by Crippen LogP contribution is 1.97. The van der Waals surface area contributed by atoms with Crippen molar-refractivity contribution in [3.63, 3.8) is 0 Å². The van der Waals surface area contributed by atoms with Crippen LogP contribution in [-0.2, 0) is 9.53 Å². The van der Waals surface area contributed by atoms with Gasteiger partial charge in [-0.25, -0.2) is 0 Å². The number of amidine groups is 1. The van der Waals surface area contributed by atoms with Crippen molar-refractivity contribution in [2.75, 3.05) is 26.3 Å². The van der Waals surface area contributed by atoms with Gasteiger partial charge in [-0.15, -0.1) is 0 Å². The molecule has 14 heavy (non-hydrogen) atoms. The number of carbonyl (C=O) groups excluding carboxylic acids is 1. The van der Waals surface area contributed by atoms with E-state index < -0.39 is 0 Å². The molecule has 1 aliphatic heterocycles. The Morgan fingerprint density at radius 1 is 1.43 bits per heavy atom. The Morgan fingerprint density at radius 2 is 2.00 bits per heavy atom. The van der Waals surface area contributed by atoms with Gasteiger partial charge in [0.05, 0.1) is 13.2 Å².